The van der Waals surface area contributed by atoms with Crippen LogP contribution in [0.5, 0.6) is 11.5 Å². The fourth-order valence-corrected chi connectivity index (χ4v) is 4.02. The minimum atomic E-state index is -0.498. The number of amides is 1. The molecular weight excluding hydrogens is 417 g/mol. The number of carbonyl (C=O) groups is 1. The van der Waals surface area contributed by atoms with E-state index in [0.717, 1.165) is 32.5 Å². The number of halogens is 1. The van der Waals surface area contributed by atoms with E-state index in [1.807, 2.05) is 6.07 Å². The second-order valence-corrected chi connectivity index (χ2v) is 8.29. The highest BCUT2D eigenvalue weighted by Gasteiger charge is 2.20. The first-order valence-electron chi connectivity index (χ1n) is 11.3. The van der Waals surface area contributed by atoms with Crippen molar-refractivity contribution >= 4 is 12.0 Å². The number of aromatic nitrogens is 1. The zero-order chi connectivity index (χ0) is 22.9. The van der Waals surface area contributed by atoms with Crippen molar-refractivity contribution in [3.8, 4) is 11.5 Å². The minimum absolute atomic E-state index is 0.113. The summed E-state index contributed by atoms with van der Waals surface area (Å²) in [6.07, 6.45) is 8.44. The van der Waals surface area contributed by atoms with E-state index >= 15 is 0 Å². The van der Waals surface area contributed by atoms with E-state index in [-0.39, 0.29) is 11.7 Å². The lowest BCUT2D eigenvalue weighted by molar-refractivity contribution is -0.116. The van der Waals surface area contributed by atoms with Crippen LogP contribution in [-0.4, -0.2) is 35.4 Å². The standard InChI is InChI=1S/C27H28FN3O2/c28-25-16-21(10-12-26(25)33-24-9-4-14-29-18-24)11-13-27(32)30-17-23-8-5-15-31(20-23)19-22-6-2-1-3-7-22/h1-4,6-7,9-14,16,18,23H,5,8,15,17,19-20H2,(H,30,32)/b13-11+. The topological polar surface area (TPSA) is 54.5 Å². The maximum Gasteiger partial charge on any atom is 0.244 e. The number of rotatable bonds is 8. The van der Waals surface area contributed by atoms with Gasteiger partial charge < -0.3 is 10.1 Å². The van der Waals surface area contributed by atoms with Crippen LogP contribution in [0.1, 0.15) is 24.0 Å². The zero-order valence-electron chi connectivity index (χ0n) is 18.5. The van der Waals surface area contributed by atoms with E-state index < -0.39 is 5.82 Å². The molecule has 1 unspecified atom stereocenters. The lowest BCUT2D eigenvalue weighted by Gasteiger charge is -2.32. The molecule has 1 amide bonds. The minimum Gasteiger partial charge on any atom is -0.453 e. The summed E-state index contributed by atoms with van der Waals surface area (Å²) in [5, 5.41) is 2.99. The Balaban J connectivity index is 1.24. The van der Waals surface area contributed by atoms with Crippen molar-refractivity contribution in [1.29, 1.82) is 0 Å². The summed E-state index contributed by atoms with van der Waals surface area (Å²) in [6, 6.07) is 18.5. The summed E-state index contributed by atoms with van der Waals surface area (Å²) in [4.78, 5) is 18.7. The van der Waals surface area contributed by atoms with Crippen molar-refractivity contribution in [3.05, 3.63) is 96.1 Å². The lowest BCUT2D eigenvalue weighted by Crippen LogP contribution is -2.40. The predicted molar refractivity (Wildman–Crippen MR) is 127 cm³/mol. The highest BCUT2D eigenvalue weighted by molar-refractivity contribution is 5.91. The van der Waals surface area contributed by atoms with E-state index in [0.29, 0.717) is 23.8 Å². The fourth-order valence-electron chi connectivity index (χ4n) is 4.02. The average Bonchev–Trinajstić information content (AvgIpc) is 2.84. The predicted octanol–water partition coefficient (Wildman–Crippen LogP) is 5.05. The molecule has 1 aliphatic rings. The first-order valence-corrected chi connectivity index (χ1v) is 11.3. The summed E-state index contributed by atoms with van der Waals surface area (Å²) in [6.45, 7) is 3.64. The number of ether oxygens (including phenoxy) is 1. The molecule has 1 N–H and O–H groups in total. The number of hydrogen-bond acceptors (Lipinski definition) is 4. The van der Waals surface area contributed by atoms with Crippen LogP contribution in [0, 0.1) is 11.7 Å². The van der Waals surface area contributed by atoms with E-state index in [2.05, 4.69) is 39.5 Å². The summed E-state index contributed by atoms with van der Waals surface area (Å²) in [5.74, 6) is 0.334. The Morgan fingerprint density at radius 3 is 2.85 bits per heavy atom. The van der Waals surface area contributed by atoms with Gasteiger partial charge in [0.15, 0.2) is 11.6 Å². The van der Waals surface area contributed by atoms with Crippen LogP contribution >= 0.6 is 0 Å². The zero-order valence-corrected chi connectivity index (χ0v) is 18.5. The van der Waals surface area contributed by atoms with E-state index in [1.165, 1.54) is 23.9 Å². The first-order chi connectivity index (χ1) is 16.2. The number of carbonyl (C=O) groups excluding carboxylic acids is 1. The molecule has 1 fully saturated rings. The van der Waals surface area contributed by atoms with Gasteiger partial charge in [-0.25, -0.2) is 4.39 Å². The summed E-state index contributed by atoms with van der Waals surface area (Å²) >= 11 is 0. The molecule has 0 aliphatic carbocycles. The highest BCUT2D eigenvalue weighted by Crippen LogP contribution is 2.25. The van der Waals surface area contributed by atoms with E-state index in [4.69, 9.17) is 4.74 Å². The van der Waals surface area contributed by atoms with Crippen LogP contribution in [0.3, 0.4) is 0 Å². The van der Waals surface area contributed by atoms with Crippen molar-refractivity contribution in [2.45, 2.75) is 19.4 Å². The van der Waals surface area contributed by atoms with Crippen molar-refractivity contribution < 1.29 is 13.9 Å². The van der Waals surface area contributed by atoms with Gasteiger partial charge in [0.05, 0.1) is 6.20 Å². The molecule has 1 atom stereocenters. The van der Waals surface area contributed by atoms with Crippen LogP contribution in [-0.2, 0) is 11.3 Å². The number of likely N-dealkylation sites (tertiary alicyclic amines) is 1. The second kappa shape index (κ2) is 11.4. The lowest BCUT2D eigenvalue weighted by atomic mass is 9.97. The molecule has 2 aromatic carbocycles. The van der Waals surface area contributed by atoms with Gasteiger partial charge in [0.2, 0.25) is 5.91 Å². The van der Waals surface area contributed by atoms with Gasteiger partial charge in [-0.15, -0.1) is 0 Å². The van der Waals surface area contributed by atoms with Gasteiger partial charge in [-0.2, -0.15) is 0 Å². The largest absolute Gasteiger partial charge is 0.453 e. The van der Waals surface area contributed by atoms with Gasteiger partial charge in [-0.3, -0.25) is 14.7 Å². The van der Waals surface area contributed by atoms with Crippen LogP contribution in [0.15, 0.2) is 79.1 Å². The van der Waals surface area contributed by atoms with Crippen LogP contribution in [0.25, 0.3) is 6.08 Å². The molecule has 3 aromatic rings. The summed E-state index contributed by atoms with van der Waals surface area (Å²) in [7, 11) is 0. The molecule has 1 aromatic heterocycles. The van der Waals surface area contributed by atoms with Crippen molar-refractivity contribution in [1.82, 2.24) is 15.2 Å². The Hall–Kier alpha value is -3.51. The molecule has 0 radical (unpaired) electrons. The van der Waals surface area contributed by atoms with Crippen molar-refractivity contribution in [2.24, 2.45) is 5.92 Å². The fraction of sp³-hybridized carbons (Fsp3) is 0.259. The maximum atomic E-state index is 14.4. The number of hydrogen-bond donors (Lipinski definition) is 1. The number of piperidine rings is 1. The third-order valence-electron chi connectivity index (χ3n) is 5.66. The van der Waals surface area contributed by atoms with Crippen LogP contribution < -0.4 is 10.1 Å². The molecule has 170 valence electrons. The Labute approximate surface area is 193 Å². The van der Waals surface area contributed by atoms with Gasteiger partial charge in [-0.1, -0.05) is 36.4 Å². The highest BCUT2D eigenvalue weighted by atomic mass is 19.1. The van der Waals surface area contributed by atoms with Gasteiger partial charge >= 0.3 is 0 Å². The molecule has 0 saturated carbocycles. The average molecular weight is 446 g/mol. The van der Waals surface area contributed by atoms with Gasteiger partial charge in [0.25, 0.3) is 0 Å². The third-order valence-corrected chi connectivity index (χ3v) is 5.66. The van der Waals surface area contributed by atoms with Crippen LogP contribution in [0.4, 0.5) is 4.39 Å². The molecule has 1 aliphatic heterocycles. The second-order valence-electron chi connectivity index (χ2n) is 8.29. The van der Waals surface area contributed by atoms with Crippen molar-refractivity contribution in [3.63, 3.8) is 0 Å². The van der Waals surface area contributed by atoms with E-state index in [9.17, 15) is 9.18 Å². The third kappa shape index (κ3) is 6.99. The molecule has 0 bridgehead atoms. The first kappa shape index (κ1) is 22.7. The van der Waals surface area contributed by atoms with Crippen LogP contribution in [0.2, 0.25) is 0 Å². The number of nitrogens with one attached hydrogen (secondary N) is 1. The normalized spacial score (nSPS) is 16.6. The Bertz CT molecular complexity index is 1070. The number of nitrogens with zero attached hydrogens (tertiary/aromatic N) is 2. The monoisotopic (exact) mass is 445 g/mol. The molecule has 33 heavy (non-hydrogen) atoms. The summed E-state index contributed by atoms with van der Waals surface area (Å²) < 4.78 is 19.9. The smallest absolute Gasteiger partial charge is 0.244 e. The molecule has 1 saturated heterocycles. The van der Waals surface area contributed by atoms with Gasteiger partial charge in [0.1, 0.15) is 5.75 Å². The molecule has 0 spiro atoms. The van der Waals surface area contributed by atoms with Gasteiger partial charge in [0, 0.05) is 31.9 Å². The molecule has 4 rings (SSSR count). The van der Waals surface area contributed by atoms with E-state index in [1.54, 1.807) is 36.5 Å². The Kier molecular flexibility index (Phi) is 7.82. The molecule has 5 nitrogen and oxygen atoms in total. The summed E-state index contributed by atoms with van der Waals surface area (Å²) in [5.41, 5.74) is 1.90. The number of benzene rings is 2. The number of pyridine rings is 1. The molecule has 2 heterocycles. The quantitative estimate of drug-likeness (QED) is 0.493. The Morgan fingerprint density at radius 2 is 2.06 bits per heavy atom. The molecular formula is C27H28FN3O2. The Morgan fingerprint density at radius 1 is 1.18 bits per heavy atom. The SMILES string of the molecule is O=C(/C=C/c1ccc(Oc2cccnc2)c(F)c1)NCC1CCCN(Cc2ccccc2)C1. The maximum absolute atomic E-state index is 14.4. The molecule has 6 heteroatoms. The van der Waals surface area contributed by atoms with Crippen molar-refractivity contribution in [2.75, 3.05) is 19.6 Å². The van der Waals surface area contributed by atoms with Gasteiger partial charge in [-0.05, 0) is 66.8 Å².